The number of nitrogens with zero attached hydrogens (tertiary/aromatic N) is 1. The number of halogens is 1. The zero-order valence-electron chi connectivity index (χ0n) is 14.0. The molecule has 2 rings (SSSR count). The average Bonchev–Trinajstić information content (AvgIpc) is 2.42. The monoisotopic (exact) mass is 292 g/mol. The van der Waals surface area contributed by atoms with Gasteiger partial charge in [-0.15, -0.1) is 0 Å². The van der Waals surface area contributed by atoms with E-state index in [1.165, 1.54) is 19.3 Å². The standard InChI is InChI=1S/C18H29FN2/c1-12(2)21(5)18-9-8-16(11-17(18)19)20-15-7-6-13(3)14(4)10-15/h8-9,11-15,20H,6-7,10H2,1-5H3. The highest BCUT2D eigenvalue weighted by Crippen LogP contribution is 2.32. The van der Waals surface area contributed by atoms with Crippen LogP contribution in [0.4, 0.5) is 15.8 Å². The number of benzene rings is 1. The van der Waals surface area contributed by atoms with Crippen LogP contribution in [0, 0.1) is 17.7 Å². The van der Waals surface area contributed by atoms with Crippen LogP contribution in [-0.4, -0.2) is 19.1 Å². The van der Waals surface area contributed by atoms with Gasteiger partial charge in [-0.05, 0) is 63.1 Å². The van der Waals surface area contributed by atoms with Crippen molar-refractivity contribution in [3.8, 4) is 0 Å². The summed E-state index contributed by atoms with van der Waals surface area (Å²) >= 11 is 0. The van der Waals surface area contributed by atoms with Gasteiger partial charge in [0, 0.05) is 24.8 Å². The van der Waals surface area contributed by atoms with Crippen LogP contribution >= 0.6 is 0 Å². The summed E-state index contributed by atoms with van der Waals surface area (Å²) in [5.74, 6) is 1.41. The molecule has 1 aliphatic carbocycles. The molecule has 0 aromatic heterocycles. The van der Waals surface area contributed by atoms with Gasteiger partial charge in [-0.1, -0.05) is 13.8 Å². The molecule has 3 unspecified atom stereocenters. The van der Waals surface area contributed by atoms with Crippen LogP contribution in [0.15, 0.2) is 18.2 Å². The Morgan fingerprint density at radius 1 is 1.19 bits per heavy atom. The maximum Gasteiger partial charge on any atom is 0.148 e. The molecule has 2 nitrogen and oxygen atoms in total. The van der Waals surface area contributed by atoms with Crippen molar-refractivity contribution in [1.29, 1.82) is 0 Å². The molecule has 1 aromatic carbocycles. The fraction of sp³-hybridized carbons (Fsp3) is 0.667. The number of anilines is 2. The highest BCUT2D eigenvalue weighted by atomic mass is 19.1. The first-order valence-corrected chi connectivity index (χ1v) is 8.17. The molecule has 0 bridgehead atoms. The second-order valence-electron chi connectivity index (χ2n) is 6.98. The van der Waals surface area contributed by atoms with E-state index < -0.39 is 0 Å². The first kappa shape index (κ1) is 16.1. The molecule has 3 heteroatoms. The summed E-state index contributed by atoms with van der Waals surface area (Å²) in [6.07, 6.45) is 3.62. The second kappa shape index (κ2) is 6.67. The lowest BCUT2D eigenvalue weighted by Crippen LogP contribution is -2.30. The Labute approximate surface area is 128 Å². The van der Waals surface area contributed by atoms with Crippen molar-refractivity contribution in [2.45, 2.75) is 59.0 Å². The van der Waals surface area contributed by atoms with Gasteiger partial charge in [0.15, 0.2) is 0 Å². The molecule has 0 aliphatic heterocycles. The van der Waals surface area contributed by atoms with Crippen molar-refractivity contribution < 1.29 is 4.39 Å². The second-order valence-corrected chi connectivity index (χ2v) is 6.98. The molecule has 1 fully saturated rings. The molecule has 1 N–H and O–H groups in total. The van der Waals surface area contributed by atoms with Crippen molar-refractivity contribution in [3.05, 3.63) is 24.0 Å². The minimum Gasteiger partial charge on any atom is -0.382 e. The van der Waals surface area contributed by atoms with Crippen LogP contribution in [0.25, 0.3) is 0 Å². The zero-order chi connectivity index (χ0) is 15.6. The summed E-state index contributed by atoms with van der Waals surface area (Å²) in [4.78, 5) is 1.96. The van der Waals surface area contributed by atoms with Crippen LogP contribution in [0.1, 0.15) is 47.0 Å². The Kier molecular flexibility index (Phi) is 5.13. The molecular weight excluding hydrogens is 263 g/mol. The summed E-state index contributed by atoms with van der Waals surface area (Å²) in [5.41, 5.74) is 1.57. The van der Waals surface area contributed by atoms with Gasteiger partial charge in [-0.25, -0.2) is 4.39 Å². The Bertz CT molecular complexity index is 472. The molecule has 0 heterocycles. The summed E-state index contributed by atoms with van der Waals surface area (Å²) < 4.78 is 14.3. The Balaban J connectivity index is 2.04. The molecule has 1 aliphatic rings. The third kappa shape index (κ3) is 3.90. The van der Waals surface area contributed by atoms with E-state index in [0.717, 1.165) is 17.5 Å². The van der Waals surface area contributed by atoms with Crippen LogP contribution < -0.4 is 10.2 Å². The van der Waals surface area contributed by atoms with Gasteiger partial charge in [0.25, 0.3) is 0 Å². The van der Waals surface area contributed by atoms with Crippen molar-refractivity contribution in [2.24, 2.45) is 11.8 Å². The lowest BCUT2D eigenvalue weighted by molar-refractivity contribution is 0.261. The minimum absolute atomic E-state index is 0.145. The Morgan fingerprint density at radius 3 is 2.48 bits per heavy atom. The van der Waals surface area contributed by atoms with Crippen molar-refractivity contribution in [1.82, 2.24) is 0 Å². The predicted octanol–water partition coefficient (Wildman–Crippen LogP) is 4.91. The first-order valence-electron chi connectivity index (χ1n) is 8.17. The quantitative estimate of drug-likeness (QED) is 0.848. The lowest BCUT2D eigenvalue weighted by atomic mass is 9.79. The first-order chi connectivity index (χ1) is 9.88. The van der Waals surface area contributed by atoms with E-state index in [9.17, 15) is 4.39 Å². The maximum atomic E-state index is 14.3. The van der Waals surface area contributed by atoms with Gasteiger partial charge < -0.3 is 10.2 Å². The number of hydrogen-bond donors (Lipinski definition) is 1. The van der Waals surface area contributed by atoms with Gasteiger partial charge in [0.1, 0.15) is 5.82 Å². The summed E-state index contributed by atoms with van der Waals surface area (Å²) in [6, 6.07) is 6.28. The van der Waals surface area contributed by atoms with Crippen molar-refractivity contribution >= 4 is 11.4 Å². The molecule has 3 atom stereocenters. The average molecular weight is 292 g/mol. The largest absolute Gasteiger partial charge is 0.382 e. The van der Waals surface area contributed by atoms with Crippen molar-refractivity contribution in [3.63, 3.8) is 0 Å². The van der Waals surface area contributed by atoms with E-state index in [4.69, 9.17) is 0 Å². The van der Waals surface area contributed by atoms with Crippen LogP contribution in [-0.2, 0) is 0 Å². The third-order valence-electron chi connectivity index (χ3n) is 5.07. The van der Waals surface area contributed by atoms with Gasteiger partial charge in [-0.3, -0.25) is 0 Å². The Morgan fingerprint density at radius 2 is 1.90 bits per heavy atom. The summed E-state index contributed by atoms with van der Waals surface area (Å²) in [6.45, 7) is 8.78. The highest BCUT2D eigenvalue weighted by molar-refractivity contribution is 5.56. The molecule has 21 heavy (non-hydrogen) atoms. The van der Waals surface area contributed by atoms with Crippen LogP contribution in [0.2, 0.25) is 0 Å². The molecule has 1 aromatic rings. The fourth-order valence-electron chi connectivity index (χ4n) is 3.08. The van der Waals surface area contributed by atoms with Crippen LogP contribution in [0.5, 0.6) is 0 Å². The maximum absolute atomic E-state index is 14.3. The molecule has 0 amide bonds. The van der Waals surface area contributed by atoms with E-state index in [0.29, 0.717) is 17.8 Å². The molecule has 0 radical (unpaired) electrons. The van der Waals surface area contributed by atoms with E-state index in [1.807, 2.05) is 24.1 Å². The van der Waals surface area contributed by atoms with Crippen molar-refractivity contribution in [2.75, 3.05) is 17.3 Å². The lowest BCUT2D eigenvalue weighted by Gasteiger charge is -2.33. The van der Waals surface area contributed by atoms with E-state index in [2.05, 4.69) is 33.0 Å². The summed E-state index contributed by atoms with van der Waals surface area (Å²) in [5, 5.41) is 3.51. The predicted molar refractivity (Wildman–Crippen MR) is 89.5 cm³/mol. The molecule has 0 spiro atoms. The highest BCUT2D eigenvalue weighted by Gasteiger charge is 2.24. The topological polar surface area (TPSA) is 15.3 Å². The normalized spacial score (nSPS) is 26.0. The minimum atomic E-state index is -0.145. The number of hydrogen-bond acceptors (Lipinski definition) is 2. The fourth-order valence-corrected chi connectivity index (χ4v) is 3.08. The Hall–Kier alpha value is -1.25. The van der Waals surface area contributed by atoms with E-state index in [-0.39, 0.29) is 5.82 Å². The van der Waals surface area contributed by atoms with E-state index >= 15 is 0 Å². The SMILES string of the molecule is CC1CCC(Nc2ccc(N(C)C(C)C)c(F)c2)CC1C. The third-order valence-corrected chi connectivity index (χ3v) is 5.07. The number of nitrogens with one attached hydrogen (secondary N) is 1. The smallest absolute Gasteiger partial charge is 0.148 e. The number of rotatable bonds is 4. The van der Waals surface area contributed by atoms with E-state index in [1.54, 1.807) is 6.07 Å². The zero-order valence-corrected chi connectivity index (χ0v) is 14.0. The van der Waals surface area contributed by atoms with Gasteiger partial charge in [0.2, 0.25) is 0 Å². The van der Waals surface area contributed by atoms with Gasteiger partial charge >= 0.3 is 0 Å². The summed E-state index contributed by atoms with van der Waals surface area (Å²) in [7, 11) is 1.93. The van der Waals surface area contributed by atoms with Crippen LogP contribution in [0.3, 0.4) is 0 Å². The molecule has 1 saturated carbocycles. The molecule has 0 saturated heterocycles. The molecule has 118 valence electrons. The van der Waals surface area contributed by atoms with Gasteiger partial charge in [-0.2, -0.15) is 0 Å². The van der Waals surface area contributed by atoms with Gasteiger partial charge in [0.05, 0.1) is 5.69 Å². The molecular formula is C18H29FN2.